The first-order valence-electron chi connectivity index (χ1n) is 5.46. The van der Waals surface area contributed by atoms with Gasteiger partial charge in [-0.15, -0.1) is 0 Å². The standard InChI is InChI=1S/C11H23NO3/c1-4-11(13)10-12(7-9-15-3)6-5-8-14-2/h4-10H2,1-3H3. The summed E-state index contributed by atoms with van der Waals surface area (Å²) in [6.07, 6.45) is 1.56. The molecule has 0 heterocycles. The van der Waals surface area contributed by atoms with E-state index in [2.05, 4.69) is 4.90 Å². The van der Waals surface area contributed by atoms with Crippen molar-refractivity contribution < 1.29 is 14.3 Å². The fourth-order valence-corrected chi connectivity index (χ4v) is 1.28. The van der Waals surface area contributed by atoms with Gasteiger partial charge in [-0.25, -0.2) is 0 Å². The van der Waals surface area contributed by atoms with E-state index in [1.807, 2.05) is 6.92 Å². The molecule has 0 bridgehead atoms. The quantitative estimate of drug-likeness (QED) is 0.511. The van der Waals surface area contributed by atoms with E-state index in [0.717, 1.165) is 26.1 Å². The minimum Gasteiger partial charge on any atom is -0.385 e. The highest BCUT2D eigenvalue weighted by atomic mass is 16.5. The number of carbonyl (C=O) groups excluding carboxylic acids is 1. The molecular weight excluding hydrogens is 194 g/mol. The summed E-state index contributed by atoms with van der Waals surface area (Å²) in [5.74, 6) is 0.281. The molecule has 0 aliphatic heterocycles. The van der Waals surface area contributed by atoms with Crippen molar-refractivity contribution in [2.45, 2.75) is 19.8 Å². The summed E-state index contributed by atoms with van der Waals surface area (Å²) in [4.78, 5) is 13.4. The van der Waals surface area contributed by atoms with Gasteiger partial charge in [0.15, 0.2) is 0 Å². The van der Waals surface area contributed by atoms with Crippen molar-refractivity contribution in [3.8, 4) is 0 Å². The predicted molar refractivity (Wildman–Crippen MR) is 60.1 cm³/mol. The monoisotopic (exact) mass is 217 g/mol. The van der Waals surface area contributed by atoms with Crippen LogP contribution >= 0.6 is 0 Å². The van der Waals surface area contributed by atoms with Crippen LogP contribution in [0.25, 0.3) is 0 Å². The third kappa shape index (κ3) is 8.54. The van der Waals surface area contributed by atoms with Gasteiger partial charge in [0.2, 0.25) is 0 Å². The number of hydrogen-bond donors (Lipinski definition) is 0. The number of ether oxygens (including phenoxy) is 2. The average molecular weight is 217 g/mol. The van der Waals surface area contributed by atoms with E-state index in [1.54, 1.807) is 14.2 Å². The molecule has 0 aromatic carbocycles. The molecule has 0 unspecified atom stereocenters. The molecular formula is C11H23NO3. The Morgan fingerprint density at radius 2 is 1.80 bits per heavy atom. The molecule has 4 heteroatoms. The van der Waals surface area contributed by atoms with Gasteiger partial charge in [-0.1, -0.05) is 6.92 Å². The van der Waals surface area contributed by atoms with Crippen molar-refractivity contribution in [2.75, 3.05) is 47.1 Å². The molecule has 0 saturated carbocycles. The molecule has 15 heavy (non-hydrogen) atoms. The van der Waals surface area contributed by atoms with Crippen LogP contribution in [-0.4, -0.2) is 57.8 Å². The fraction of sp³-hybridized carbons (Fsp3) is 0.909. The zero-order valence-corrected chi connectivity index (χ0v) is 10.1. The summed E-state index contributed by atoms with van der Waals surface area (Å²) in [5.41, 5.74) is 0. The average Bonchev–Trinajstić information content (AvgIpc) is 2.25. The lowest BCUT2D eigenvalue weighted by atomic mass is 10.2. The topological polar surface area (TPSA) is 38.8 Å². The Morgan fingerprint density at radius 1 is 1.13 bits per heavy atom. The van der Waals surface area contributed by atoms with Crippen molar-refractivity contribution in [3.63, 3.8) is 0 Å². The van der Waals surface area contributed by atoms with E-state index in [-0.39, 0.29) is 5.78 Å². The van der Waals surface area contributed by atoms with E-state index in [1.165, 1.54) is 0 Å². The Labute approximate surface area is 92.5 Å². The molecule has 0 aliphatic carbocycles. The van der Waals surface area contributed by atoms with Crippen LogP contribution in [0.2, 0.25) is 0 Å². The number of ketones is 1. The maximum absolute atomic E-state index is 11.3. The number of methoxy groups -OCH3 is 2. The van der Waals surface area contributed by atoms with Gasteiger partial charge in [0.05, 0.1) is 13.2 Å². The number of carbonyl (C=O) groups is 1. The Morgan fingerprint density at radius 3 is 2.33 bits per heavy atom. The lowest BCUT2D eigenvalue weighted by Gasteiger charge is -2.20. The molecule has 0 saturated heterocycles. The van der Waals surface area contributed by atoms with Gasteiger partial charge in [0.1, 0.15) is 5.78 Å². The van der Waals surface area contributed by atoms with Crippen LogP contribution in [0.4, 0.5) is 0 Å². The van der Waals surface area contributed by atoms with Crippen molar-refractivity contribution >= 4 is 5.78 Å². The summed E-state index contributed by atoms with van der Waals surface area (Å²) >= 11 is 0. The van der Waals surface area contributed by atoms with Gasteiger partial charge in [-0.3, -0.25) is 9.69 Å². The van der Waals surface area contributed by atoms with E-state index >= 15 is 0 Å². The van der Waals surface area contributed by atoms with Crippen LogP contribution in [0.5, 0.6) is 0 Å². The molecule has 0 aromatic rings. The van der Waals surface area contributed by atoms with Gasteiger partial charge < -0.3 is 9.47 Å². The molecule has 4 nitrogen and oxygen atoms in total. The molecule has 0 spiro atoms. The Balaban J connectivity index is 3.77. The molecule has 0 radical (unpaired) electrons. The van der Waals surface area contributed by atoms with Crippen LogP contribution in [0.1, 0.15) is 19.8 Å². The Bertz CT molecular complexity index is 162. The lowest BCUT2D eigenvalue weighted by molar-refractivity contribution is -0.120. The minimum absolute atomic E-state index is 0.281. The maximum Gasteiger partial charge on any atom is 0.146 e. The van der Waals surface area contributed by atoms with Gasteiger partial charge in [-0.2, -0.15) is 0 Å². The second kappa shape index (κ2) is 10.1. The van der Waals surface area contributed by atoms with Crippen molar-refractivity contribution in [1.29, 1.82) is 0 Å². The van der Waals surface area contributed by atoms with Crippen LogP contribution in [0.3, 0.4) is 0 Å². The van der Waals surface area contributed by atoms with E-state index < -0.39 is 0 Å². The normalized spacial score (nSPS) is 10.9. The molecule has 0 fully saturated rings. The summed E-state index contributed by atoms with van der Waals surface area (Å²) in [7, 11) is 3.37. The van der Waals surface area contributed by atoms with Crippen LogP contribution in [0, 0.1) is 0 Å². The zero-order valence-electron chi connectivity index (χ0n) is 10.1. The molecule has 0 aromatic heterocycles. The highest BCUT2D eigenvalue weighted by Crippen LogP contribution is 1.95. The van der Waals surface area contributed by atoms with Gasteiger partial charge in [-0.05, 0) is 6.42 Å². The van der Waals surface area contributed by atoms with Crippen molar-refractivity contribution in [1.82, 2.24) is 4.90 Å². The first-order chi connectivity index (χ1) is 7.24. The summed E-state index contributed by atoms with van der Waals surface area (Å²) in [6, 6.07) is 0. The van der Waals surface area contributed by atoms with Crippen LogP contribution < -0.4 is 0 Å². The van der Waals surface area contributed by atoms with Crippen molar-refractivity contribution in [3.05, 3.63) is 0 Å². The number of nitrogens with zero attached hydrogens (tertiary/aromatic N) is 1. The maximum atomic E-state index is 11.3. The van der Waals surface area contributed by atoms with E-state index in [4.69, 9.17) is 9.47 Å². The molecule has 90 valence electrons. The minimum atomic E-state index is 0.281. The van der Waals surface area contributed by atoms with Crippen LogP contribution in [0.15, 0.2) is 0 Å². The summed E-state index contributed by atoms with van der Waals surface area (Å²) in [6.45, 7) is 5.54. The summed E-state index contributed by atoms with van der Waals surface area (Å²) in [5, 5.41) is 0. The van der Waals surface area contributed by atoms with Gasteiger partial charge in [0, 0.05) is 40.3 Å². The largest absolute Gasteiger partial charge is 0.385 e. The molecule has 0 rings (SSSR count). The van der Waals surface area contributed by atoms with Gasteiger partial charge in [0.25, 0.3) is 0 Å². The zero-order chi connectivity index (χ0) is 11.5. The number of hydrogen-bond acceptors (Lipinski definition) is 4. The molecule has 0 N–H and O–H groups in total. The molecule has 0 aliphatic rings. The van der Waals surface area contributed by atoms with Crippen molar-refractivity contribution in [2.24, 2.45) is 0 Å². The number of rotatable bonds is 10. The Hall–Kier alpha value is -0.450. The SMILES string of the molecule is CCC(=O)CN(CCCOC)CCOC. The highest BCUT2D eigenvalue weighted by molar-refractivity contribution is 5.80. The predicted octanol–water partition coefficient (Wildman–Crippen LogP) is 0.950. The molecule has 0 atom stereocenters. The second-order valence-electron chi connectivity index (χ2n) is 3.51. The fourth-order valence-electron chi connectivity index (χ4n) is 1.28. The van der Waals surface area contributed by atoms with E-state index in [9.17, 15) is 4.79 Å². The second-order valence-corrected chi connectivity index (χ2v) is 3.51. The number of Topliss-reactive ketones (excluding diaryl/α,β-unsaturated/α-hetero) is 1. The highest BCUT2D eigenvalue weighted by Gasteiger charge is 2.08. The third-order valence-electron chi connectivity index (χ3n) is 2.23. The van der Waals surface area contributed by atoms with E-state index in [0.29, 0.717) is 19.6 Å². The lowest BCUT2D eigenvalue weighted by Crippen LogP contribution is -2.33. The third-order valence-corrected chi connectivity index (χ3v) is 2.23. The van der Waals surface area contributed by atoms with Gasteiger partial charge >= 0.3 is 0 Å². The first kappa shape index (κ1) is 14.6. The first-order valence-corrected chi connectivity index (χ1v) is 5.46. The smallest absolute Gasteiger partial charge is 0.146 e. The summed E-state index contributed by atoms with van der Waals surface area (Å²) < 4.78 is 9.99. The molecule has 0 amide bonds. The van der Waals surface area contributed by atoms with Crippen LogP contribution in [-0.2, 0) is 14.3 Å². The Kier molecular flexibility index (Phi) is 9.78.